The maximum atomic E-state index is 8.04. The van der Waals surface area contributed by atoms with Gasteiger partial charge in [0.1, 0.15) is 22.3 Å². The molecule has 3 aromatic heterocycles. The van der Waals surface area contributed by atoms with E-state index in [1.165, 1.54) is 6.20 Å². The Morgan fingerprint density at radius 2 is 1.36 bits per heavy atom. The molecule has 0 radical (unpaired) electrons. The molecule has 0 saturated carbocycles. The average Bonchev–Trinajstić information content (AvgIpc) is 3.45. The molecule has 0 bridgehead atoms. The van der Waals surface area contributed by atoms with E-state index in [4.69, 9.17) is 12.9 Å². The summed E-state index contributed by atoms with van der Waals surface area (Å²) in [6.07, 6.45) is 2.14. The van der Waals surface area contributed by atoms with Crippen molar-refractivity contribution in [2.45, 2.75) is 34.0 Å². The number of para-hydroxylation sites is 2. The highest BCUT2D eigenvalue weighted by Crippen LogP contribution is 2.41. The van der Waals surface area contributed by atoms with Gasteiger partial charge in [-0.25, -0.2) is 0 Å². The SMILES string of the molecule is [2H]C([2H])([2H])c1cnc(-c2cccc3c2oc2c3ccc3c2ccc2c4ccccc4oc23)cc1CC(C)(C)C. The molecule has 3 nitrogen and oxygen atoms in total. The normalized spacial score (nSPS) is 14.1. The predicted octanol–water partition coefficient (Wildman–Crippen LogP) is 9.60. The van der Waals surface area contributed by atoms with Gasteiger partial charge in [-0.1, -0.05) is 51.1 Å². The molecule has 0 atom stereocenters. The summed E-state index contributed by atoms with van der Waals surface area (Å²) in [5.74, 6) is 0. The topological polar surface area (TPSA) is 39.2 Å². The van der Waals surface area contributed by atoms with Crippen LogP contribution in [0.5, 0.6) is 0 Å². The number of furan rings is 2. The first kappa shape index (κ1) is 18.2. The first-order valence-electron chi connectivity index (χ1n) is 13.8. The van der Waals surface area contributed by atoms with E-state index in [-0.39, 0.29) is 5.41 Å². The van der Waals surface area contributed by atoms with Crippen LogP contribution in [0.15, 0.2) is 87.8 Å². The fourth-order valence-electron chi connectivity index (χ4n) is 5.41. The van der Waals surface area contributed by atoms with Gasteiger partial charge in [0.2, 0.25) is 0 Å². The van der Waals surface area contributed by atoms with Crippen molar-refractivity contribution in [3.05, 3.63) is 90.1 Å². The van der Waals surface area contributed by atoms with Crippen LogP contribution in [0.4, 0.5) is 0 Å². The minimum Gasteiger partial charge on any atom is -0.455 e. The van der Waals surface area contributed by atoms with Crippen molar-refractivity contribution >= 4 is 54.6 Å². The fourth-order valence-corrected chi connectivity index (χ4v) is 5.41. The molecule has 0 fully saturated rings. The molecule has 176 valence electrons. The van der Waals surface area contributed by atoms with Crippen LogP contribution in [0, 0.1) is 12.3 Å². The van der Waals surface area contributed by atoms with E-state index in [0.717, 1.165) is 65.8 Å². The van der Waals surface area contributed by atoms with Gasteiger partial charge < -0.3 is 8.83 Å². The Kier molecular flexibility index (Phi) is 3.76. The standard InChI is InChI=1S/C33H27NO2/c1-19-18-34-28(16-20(19)17-33(2,3)4)27-10-7-9-22-24-14-15-25-26(31(24)36-32(22)27)13-12-23-21-8-5-6-11-29(21)35-30(23)25/h5-16,18H,17H2,1-4H3/i1D3. The van der Waals surface area contributed by atoms with Crippen LogP contribution in [0.2, 0.25) is 0 Å². The zero-order valence-electron chi connectivity index (χ0n) is 23.5. The molecule has 0 saturated heterocycles. The molecule has 0 unspecified atom stereocenters. The lowest BCUT2D eigenvalue weighted by Gasteiger charge is -2.20. The Labute approximate surface area is 213 Å². The van der Waals surface area contributed by atoms with E-state index < -0.39 is 6.85 Å². The van der Waals surface area contributed by atoms with E-state index in [2.05, 4.69) is 62.2 Å². The molecule has 4 aromatic carbocycles. The summed E-state index contributed by atoms with van der Waals surface area (Å²) in [4.78, 5) is 4.62. The Balaban J connectivity index is 1.47. The van der Waals surface area contributed by atoms with Gasteiger partial charge in [0, 0.05) is 48.2 Å². The molecule has 0 amide bonds. The predicted molar refractivity (Wildman–Crippen MR) is 150 cm³/mol. The van der Waals surface area contributed by atoms with Crippen LogP contribution in [0.25, 0.3) is 65.9 Å². The Bertz CT molecular complexity index is 2070. The third-order valence-corrected chi connectivity index (χ3v) is 6.99. The van der Waals surface area contributed by atoms with Crippen LogP contribution >= 0.6 is 0 Å². The van der Waals surface area contributed by atoms with Crippen molar-refractivity contribution in [2.24, 2.45) is 5.41 Å². The Morgan fingerprint density at radius 3 is 2.08 bits per heavy atom. The smallest absolute Gasteiger partial charge is 0.144 e. The summed E-state index contributed by atoms with van der Waals surface area (Å²) in [7, 11) is 0. The van der Waals surface area contributed by atoms with Gasteiger partial charge in [0.15, 0.2) is 0 Å². The molecule has 0 aliphatic rings. The summed E-state index contributed by atoms with van der Waals surface area (Å²) in [5.41, 5.74) is 5.81. The monoisotopic (exact) mass is 472 g/mol. The van der Waals surface area contributed by atoms with E-state index in [1.807, 2.05) is 36.4 Å². The molecule has 7 rings (SSSR count). The summed E-state index contributed by atoms with van der Waals surface area (Å²) in [5, 5.41) is 6.18. The highest BCUT2D eigenvalue weighted by Gasteiger charge is 2.19. The van der Waals surface area contributed by atoms with Crippen molar-refractivity contribution in [3.8, 4) is 11.3 Å². The highest BCUT2D eigenvalue weighted by atomic mass is 16.3. The summed E-state index contributed by atoms with van der Waals surface area (Å²) in [6.45, 7) is 4.11. The zero-order chi connectivity index (χ0) is 27.1. The lowest BCUT2D eigenvalue weighted by molar-refractivity contribution is 0.410. The number of aryl methyl sites for hydroxylation is 1. The number of aromatic nitrogens is 1. The minimum absolute atomic E-state index is 0.0785. The minimum atomic E-state index is -2.22. The Morgan fingerprint density at radius 1 is 0.722 bits per heavy atom. The van der Waals surface area contributed by atoms with Crippen LogP contribution in [0.3, 0.4) is 0 Å². The maximum absolute atomic E-state index is 8.04. The second kappa shape index (κ2) is 7.44. The summed E-state index contributed by atoms with van der Waals surface area (Å²) >= 11 is 0. The number of nitrogens with zero attached hydrogens (tertiary/aromatic N) is 1. The second-order valence-corrected chi connectivity index (χ2v) is 10.8. The third kappa shape index (κ3) is 3.16. The summed E-state index contributed by atoms with van der Waals surface area (Å²) in [6, 6.07) is 24.5. The average molecular weight is 473 g/mol. The number of hydrogen-bond donors (Lipinski definition) is 0. The van der Waals surface area contributed by atoms with Crippen molar-refractivity contribution in [2.75, 3.05) is 0 Å². The molecule has 0 aliphatic heterocycles. The van der Waals surface area contributed by atoms with Gasteiger partial charge in [-0.3, -0.25) is 4.98 Å². The van der Waals surface area contributed by atoms with Crippen molar-refractivity contribution < 1.29 is 12.9 Å². The van der Waals surface area contributed by atoms with Gasteiger partial charge in [0.05, 0.1) is 5.69 Å². The van der Waals surface area contributed by atoms with Crippen molar-refractivity contribution in [3.63, 3.8) is 0 Å². The van der Waals surface area contributed by atoms with Crippen molar-refractivity contribution in [1.29, 1.82) is 0 Å². The molecule has 36 heavy (non-hydrogen) atoms. The number of fused-ring (bicyclic) bond motifs is 9. The molecular weight excluding hydrogens is 442 g/mol. The molecule has 3 heteroatoms. The van der Waals surface area contributed by atoms with Crippen LogP contribution in [-0.4, -0.2) is 4.98 Å². The zero-order valence-corrected chi connectivity index (χ0v) is 20.5. The molecule has 0 aliphatic carbocycles. The second-order valence-electron chi connectivity index (χ2n) is 10.8. The van der Waals surface area contributed by atoms with Gasteiger partial charge in [-0.15, -0.1) is 0 Å². The van der Waals surface area contributed by atoms with Crippen LogP contribution in [0.1, 0.15) is 36.0 Å². The maximum Gasteiger partial charge on any atom is 0.144 e. The van der Waals surface area contributed by atoms with Crippen molar-refractivity contribution in [1.82, 2.24) is 4.98 Å². The number of pyridine rings is 1. The number of rotatable bonds is 2. The molecular formula is C33H27NO2. The fraction of sp³-hybridized carbons (Fsp3) is 0.182. The quantitative estimate of drug-likeness (QED) is 0.251. The number of hydrogen-bond acceptors (Lipinski definition) is 3. The molecule has 0 N–H and O–H groups in total. The first-order chi connectivity index (χ1) is 18.6. The Hall–Kier alpha value is -4.11. The molecule has 3 heterocycles. The highest BCUT2D eigenvalue weighted by molar-refractivity contribution is 6.23. The number of benzene rings is 4. The third-order valence-electron chi connectivity index (χ3n) is 6.99. The van der Waals surface area contributed by atoms with Crippen LogP contribution < -0.4 is 0 Å². The van der Waals surface area contributed by atoms with Gasteiger partial charge in [-0.2, -0.15) is 0 Å². The summed E-state index contributed by atoms with van der Waals surface area (Å²) < 4.78 is 37.0. The van der Waals surface area contributed by atoms with E-state index >= 15 is 0 Å². The molecule has 7 aromatic rings. The lowest BCUT2D eigenvalue weighted by atomic mass is 9.86. The van der Waals surface area contributed by atoms with Gasteiger partial charge in [0.25, 0.3) is 0 Å². The van der Waals surface area contributed by atoms with Gasteiger partial charge >= 0.3 is 0 Å². The van der Waals surface area contributed by atoms with E-state index in [9.17, 15) is 0 Å². The van der Waals surface area contributed by atoms with E-state index in [0.29, 0.717) is 17.7 Å². The lowest BCUT2D eigenvalue weighted by Crippen LogP contribution is -2.10. The molecule has 0 spiro atoms. The largest absolute Gasteiger partial charge is 0.455 e. The van der Waals surface area contributed by atoms with Crippen LogP contribution in [-0.2, 0) is 6.42 Å². The first-order valence-corrected chi connectivity index (χ1v) is 12.3. The van der Waals surface area contributed by atoms with E-state index in [1.54, 1.807) is 0 Å². The van der Waals surface area contributed by atoms with Gasteiger partial charge in [-0.05, 0) is 72.3 Å².